The average molecular weight is 639 g/mol. The van der Waals surface area contributed by atoms with Crippen LogP contribution in [-0.2, 0) is 38.6 Å². The maximum Gasteiger partial charge on any atom is 0.511 e. The fourth-order valence-corrected chi connectivity index (χ4v) is 6.91. The Kier molecular flexibility index (Phi) is 12.0. The van der Waals surface area contributed by atoms with E-state index in [-0.39, 0.29) is 12.6 Å². The number of ether oxygens (including phenoxy) is 3. The molecule has 47 heavy (non-hydrogen) atoms. The number of hydrogen-bond acceptors (Lipinski definition) is 5. The third-order valence-electron chi connectivity index (χ3n) is 9.45. The number of benzene rings is 4. The minimum absolute atomic E-state index is 0.194. The van der Waals surface area contributed by atoms with E-state index in [2.05, 4.69) is 92.8 Å². The lowest BCUT2D eigenvalue weighted by molar-refractivity contribution is -0.945. The first-order valence-electron chi connectivity index (χ1n) is 17.0. The summed E-state index contributed by atoms with van der Waals surface area (Å²) in [4.78, 5) is 24.9. The van der Waals surface area contributed by atoms with Gasteiger partial charge >= 0.3 is 12.1 Å². The molecule has 1 heterocycles. The second kappa shape index (κ2) is 16.6. The smallest absolute Gasteiger partial charge is 0.428 e. The van der Waals surface area contributed by atoms with Gasteiger partial charge in [-0.15, -0.1) is 0 Å². The SMILES string of the molecule is Cc1ccc(C[N+](C)(CCOC(=O)OCOC(=O)CCC[N+]2(Cc3ccc4ccccc4c3)CCCCC2)Cc2ccccc2)cc1. The normalized spacial score (nSPS) is 15.4. The lowest BCUT2D eigenvalue weighted by Gasteiger charge is -2.42. The van der Waals surface area contributed by atoms with E-state index in [9.17, 15) is 9.59 Å². The van der Waals surface area contributed by atoms with Crippen LogP contribution in [0.3, 0.4) is 0 Å². The highest BCUT2D eigenvalue weighted by Crippen LogP contribution is 2.26. The monoisotopic (exact) mass is 638 g/mol. The zero-order valence-corrected chi connectivity index (χ0v) is 28.1. The van der Waals surface area contributed by atoms with Crippen molar-refractivity contribution in [2.24, 2.45) is 0 Å². The second-order valence-electron chi connectivity index (χ2n) is 13.5. The largest absolute Gasteiger partial charge is 0.511 e. The van der Waals surface area contributed by atoms with Crippen molar-refractivity contribution in [3.05, 3.63) is 119 Å². The number of likely N-dealkylation sites (tertiary alicyclic amines) is 1. The van der Waals surface area contributed by atoms with E-state index < -0.39 is 12.9 Å². The Bertz CT molecular complexity index is 1580. The van der Waals surface area contributed by atoms with Crippen LogP contribution in [0.2, 0.25) is 0 Å². The van der Waals surface area contributed by atoms with Gasteiger partial charge in [0.05, 0.1) is 33.1 Å². The Balaban J connectivity index is 1.03. The van der Waals surface area contributed by atoms with E-state index in [4.69, 9.17) is 14.2 Å². The van der Waals surface area contributed by atoms with Crippen LogP contribution in [0.1, 0.15) is 54.4 Å². The quantitative estimate of drug-likeness (QED) is 0.0752. The van der Waals surface area contributed by atoms with Crippen LogP contribution in [0.4, 0.5) is 4.79 Å². The van der Waals surface area contributed by atoms with Gasteiger partial charge in [-0.2, -0.15) is 0 Å². The summed E-state index contributed by atoms with van der Waals surface area (Å²) in [5.74, 6) is -0.358. The number of piperidine rings is 1. The van der Waals surface area contributed by atoms with E-state index in [1.807, 2.05) is 18.2 Å². The number of hydrogen-bond donors (Lipinski definition) is 0. The van der Waals surface area contributed by atoms with Crippen LogP contribution in [0.5, 0.6) is 0 Å². The number of quaternary nitrogens is 2. The molecular weight excluding hydrogens is 588 g/mol. The average Bonchev–Trinajstić information content (AvgIpc) is 3.06. The number of nitrogens with zero attached hydrogens (tertiary/aromatic N) is 2. The summed E-state index contributed by atoms with van der Waals surface area (Å²) in [7, 11) is 2.17. The van der Waals surface area contributed by atoms with E-state index in [0.29, 0.717) is 17.4 Å². The summed E-state index contributed by atoms with van der Waals surface area (Å²) in [6.07, 6.45) is 3.90. The van der Waals surface area contributed by atoms with Gasteiger partial charge in [-0.3, -0.25) is 4.79 Å². The lowest BCUT2D eigenvalue weighted by Crippen LogP contribution is -2.51. The molecule has 0 aromatic heterocycles. The highest BCUT2D eigenvalue weighted by molar-refractivity contribution is 5.82. The lowest BCUT2D eigenvalue weighted by atomic mass is 10.0. The van der Waals surface area contributed by atoms with Crippen LogP contribution in [0.25, 0.3) is 10.8 Å². The molecule has 1 unspecified atom stereocenters. The summed E-state index contributed by atoms with van der Waals surface area (Å²) >= 11 is 0. The van der Waals surface area contributed by atoms with Gasteiger partial charge in [0, 0.05) is 23.1 Å². The predicted molar refractivity (Wildman–Crippen MR) is 185 cm³/mol. The molecule has 1 aliphatic rings. The van der Waals surface area contributed by atoms with Gasteiger partial charge in [0.1, 0.15) is 32.8 Å². The zero-order valence-electron chi connectivity index (χ0n) is 28.1. The van der Waals surface area contributed by atoms with Gasteiger partial charge < -0.3 is 23.2 Å². The molecule has 1 aliphatic heterocycles. The molecular formula is C40H50N2O5+2. The number of fused-ring (bicyclic) bond motifs is 1. The molecule has 0 aliphatic carbocycles. The Morgan fingerprint density at radius 3 is 2.13 bits per heavy atom. The van der Waals surface area contributed by atoms with Crippen LogP contribution in [0.15, 0.2) is 97.1 Å². The highest BCUT2D eigenvalue weighted by Gasteiger charge is 2.30. The van der Waals surface area contributed by atoms with Crippen molar-refractivity contribution < 1.29 is 32.8 Å². The number of carbonyl (C=O) groups is 2. The van der Waals surface area contributed by atoms with Gasteiger partial charge in [0.25, 0.3) is 0 Å². The van der Waals surface area contributed by atoms with Crippen molar-refractivity contribution in [2.75, 3.05) is 46.6 Å². The summed E-state index contributed by atoms with van der Waals surface area (Å²) in [6, 6.07) is 34.1. The minimum atomic E-state index is -0.826. The van der Waals surface area contributed by atoms with Crippen LogP contribution in [-0.4, -0.2) is 67.7 Å². The summed E-state index contributed by atoms with van der Waals surface area (Å²) in [5, 5.41) is 2.53. The van der Waals surface area contributed by atoms with Gasteiger partial charge in [0.15, 0.2) is 0 Å². The first-order valence-corrected chi connectivity index (χ1v) is 17.0. The van der Waals surface area contributed by atoms with Crippen molar-refractivity contribution in [1.29, 1.82) is 0 Å². The van der Waals surface area contributed by atoms with Gasteiger partial charge in [-0.05, 0) is 43.0 Å². The van der Waals surface area contributed by atoms with Crippen molar-refractivity contribution >= 4 is 22.9 Å². The molecule has 1 fully saturated rings. The van der Waals surface area contributed by atoms with E-state index in [0.717, 1.165) is 50.2 Å². The molecule has 1 atom stereocenters. The van der Waals surface area contributed by atoms with Crippen LogP contribution in [0, 0.1) is 6.92 Å². The first-order chi connectivity index (χ1) is 22.8. The number of rotatable bonds is 15. The number of carbonyl (C=O) groups excluding carboxylic acids is 2. The molecule has 7 heteroatoms. The Morgan fingerprint density at radius 1 is 0.723 bits per heavy atom. The molecule has 0 saturated carbocycles. The standard InChI is InChI=1S/C40H50N2O5/c1-33-17-19-35(20-18-33)30-41(2,29-34-12-5-3-6-13-34)26-27-45-40(44)47-32-46-39(43)16-11-25-42(23-9-4-10-24-42)31-36-21-22-37-14-7-8-15-38(37)28-36/h3,5-8,12-15,17-22,28H,4,9-11,16,23-27,29-32H2,1-2H3/q+2. The van der Waals surface area contributed by atoms with Crippen LogP contribution < -0.4 is 0 Å². The summed E-state index contributed by atoms with van der Waals surface area (Å²) in [6.45, 7) is 8.20. The molecule has 248 valence electrons. The molecule has 0 N–H and O–H groups in total. The maximum atomic E-state index is 12.5. The number of aryl methyl sites for hydroxylation is 1. The molecule has 4 aromatic rings. The van der Waals surface area contributed by atoms with E-state index in [1.165, 1.54) is 52.3 Å². The number of likely N-dealkylation sites (N-methyl/N-ethyl adjacent to an activating group) is 1. The van der Waals surface area contributed by atoms with Gasteiger partial charge in [-0.25, -0.2) is 4.79 Å². The Labute approximate surface area is 279 Å². The zero-order chi connectivity index (χ0) is 33.0. The molecule has 7 nitrogen and oxygen atoms in total. The molecule has 0 radical (unpaired) electrons. The maximum absolute atomic E-state index is 12.5. The predicted octanol–water partition coefficient (Wildman–Crippen LogP) is 7.93. The fraction of sp³-hybridized carbons (Fsp3) is 0.400. The Hall–Kier alpha value is -4.20. The molecule has 0 amide bonds. The van der Waals surface area contributed by atoms with Crippen molar-refractivity contribution in [1.82, 2.24) is 0 Å². The fourth-order valence-electron chi connectivity index (χ4n) is 6.91. The second-order valence-corrected chi connectivity index (χ2v) is 13.5. The van der Waals surface area contributed by atoms with Crippen molar-refractivity contribution in [3.8, 4) is 0 Å². The molecule has 5 rings (SSSR count). The third kappa shape index (κ3) is 10.7. The van der Waals surface area contributed by atoms with E-state index >= 15 is 0 Å². The van der Waals surface area contributed by atoms with Crippen LogP contribution >= 0.6 is 0 Å². The summed E-state index contributed by atoms with van der Waals surface area (Å²) < 4.78 is 17.4. The molecule has 4 aromatic carbocycles. The third-order valence-corrected chi connectivity index (χ3v) is 9.45. The molecule has 0 spiro atoms. The van der Waals surface area contributed by atoms with Crippen molar-refractivity contribution in [2.45, 2.75) is 58.7 Å². The molecule has 1 saturated heterocycles. The number of esters is 1. The summed E-state index contributed by atoms with van der Waals surface area (Å²) in [5.41, 5.74) is 5.01. The molecule has 0 bridgehead atoms. The first kappa shape index (κ1) is 34.1. The van der Waals surface area contributed by atoms with Gasteiger partial charge in [0.2, 0.25) is 6.79 Å². The van der Waals surface area contributed by atoms with Crippen molar-refractivity contribution in [3.63, 3.8) is 0 Å². The Morgan fingerprint density at radius 2 is 1.38 bits per heavy atom. The van der Waals surface area contributed by atoms with Gasteiger partial charge in [-0.1, -0.05) is 96.6 Å². The highest BCUT2D eigenvalue weighted by atomic mass is 16.8. The van der Waals surface area contributed by atoms with E-state index in [1.54, 1.807) is 0 Å². The minimum Gasteiger partial charge on any atom is -0.428 e. The topological polar surface area (TPSA) is 61.8 Å².